The highest BCUT2D eigenvalue weighted by atomic mass is 35.5. The summed E-state index contributed by atoms with van der Waals surface area (Å²) in [4.78, 5) is 0. The third-order valence-electron chi connectivity index (χ3n) is 2.95. The van der Waals surface area contributed by atoms with E-state index in [0.29, 0.717) is 20.8 Å². The zero-order valence-corrected chi connectivity index (χ0v) is 13.4. The Labute approximate surface area is 133 Å². The van der Waals surface area contributed by atoms with Crippen molar-refractivity contribution >= 4 is 34.8 Å². The molecule has 0 amide bonds. The molecule has 106 valence electrons. The molecule has 0 aliphatic carbocycles. The predicted molar refractivity (Wildman–Crippen MR) is 86.2 cm³/mol. The third-order valence-corrected chi connectivity index (χ3v) is 3.87. The summed E-state index contributed by atoms with van der Waals surface area (Å²) >= 11 is 18.8. The first-order valence-corrected chi connectivity index (χ1v) is 7.16. The van der Waals surface area contributed by atoms with Gasteiger partial charge in [0.05, 0.1) is 17.2 Å². The fourth-order valence-corrected chi connectivity index (χ4v) is 2.78. The van der Waals surface area contributed by atoms with Crippen molar-refractivity contribution in [1.29, 1.82) is 0 Å². The first kappa shape index (κ1) is 15.5. The van der Waals surface area contributed by atoms with Gasteiger partial charge in [0.1, 0.15) is 5.75 Å². The van der Waals surface area contributed by atoms with Crippen molar-refractivity contribution in [3.63, 3.8) is 0 Å². The van der Waals surface area contributed by atoms with Gasteiger partial charge in [-0.15, -0.1) is 0 Å². The molecule has 2 rings (SSSR count). The molecule has 0 aliphatic heterocycles. The summed E-state index contributed by atoms with van der Waals surface area (Å²) < 4.78 is 5.14. The van der Waals surface area contributed by atoms with Crippen LogP contribution in [0.15, 0.2) is 30.3 Å². The Morgan fingerprint density at radius 3 is 2.25 bits per heavy atom. The second-order valence-corrected chi connectivity index (χ2v) is 5.53. The fourth-order valence-electron chi connectivity index (χ4n) is 1.98. The van der Waals surface area contributed by atoms with E-state index in [2.05, 4.69) is 5.32 Å². The van der Waals surface area contributed by atoms with E-state index in [0.717, 1.165) is 23.2 Å². The Hall–Kier alpha value is -0.930. The van der Waals surface area contributed by atoms with Crippen molar-refractivity contribution < 1.29 is 4.74 Å². The van der Waals surface area contributed by atoms with Gasteiger partial charge in [-0.05, 0) is 24.7 Å². The zero-order valence-electron chi connectivity index (χ0n) is 11.1. The predicted octanol–water partition coefficient (Wildman–Crippen LogP) is 5.04. The number of nitrogens with one attached hydrogen (secondary N) is 1. The summed E-state index contributed by atoms with van der Waals surface area (Å²) in [6, 6.07) is 9.33. The molecule has 2 aromatic rings. The molecule has 0 atom stereocenters. The van der Waals surface area contributed by atoms with Gasteiger partial charge < -0.3 is 10.1 Å². The van der Waals surface area contributed by atoms with Crippen LogP contribution in [0.3, 0.4) is 0 Å². The third kappa shape index (κ3) is 3.21. The molecule has 0 bridgehead atoms. The van der Waals surface area contributed by atoms with Crippen LogP contribution in [-0.2, 0) is 6.54 Å². The molecule has 2 nitrogen and oxygen atoms in total. The summed E-state index contributed by atoms with van der Waals surface area (Å²) in [5, 5.41) is 4.78. The topological polar surface area (TPSA) is 21.3 Å². The minimum Gasteiger partial charge on any atom is -0.495 e. The number of benzene rings is 2. The minimum absolute atomic E-state index is 0.502. The number of methoxy groups -OCH3 is 1. The van der Waals surface area contributed by atoms with E-state index in [4.69, 9.17) is 39.5 Å². The SMILES string of the molecule is CNCc1ccc(-c2cc(Cl)c(OC)cc2Cl)c(Cl)c1. The van der Waals surface area contributed by atoms with Gasteiger partial charge in [0.25, 0.3) is 0 Å². The van der Waals surface area contributed by atoms with E-state index in [1.807, 2.05) is 25.2 Å². The van der Waals surface area contributed by atoms with Crippen LogP contribution in [-0.4, -0.2) is 14.2 Å². The Kier molecular flexibility index (Phi) is 5.17. The highest BCUT2D eigenvalue weighted by Crippen LogP contribution is 2.39. The standard InChI is InChI=1S/C15H14Cl3NO/c1-19-8-9-3-4-10(12(16)5-9)11-6-14(18)15(20-2)7-13(11)17/h3-7,19H,8H2,1-2H3. The Bertz CT molecular complexity index is 629. The maximum Gasteiger partial charge on any atom is 0.138 e. The lowest BCUT2D eigenvalue weighted by Gasteiger charge is -2.11. The average Bonchev–Trinajstić information content (AvgIpc) is 2.42. The van der Waals surface area contributed by atoms with E-state index in [-0.39, 0.29) is 0 Å². The van der Waals surface area contributed by atoms with Gasteiger partial charge in [-0.3, -0.25) is 0 Å². The number of rotatable bonds is 4. The number of hydrogen-bond donors (Lipinski definition) is 1. The van der Waals surface area contributed by atoms with E-state index in [9.17, 15) is 0 Å². The second-order valence-electron chi connectivity index (χ2n) is 4.31. The number of halogens is 3. The number of hydrogen-bond acceptors (Lipinski definition) is 2. The van der Waals surface area contributed by atoms with Crippen molar-refractivity contribution in [3.8, 4) is 16.9 Å². The maximum absolute atomic E-state index is 6.34. The van der Waals surface area contributed by atoms with E-state index < -0.39 is 0 Å². The monoisotopic (exact) mass is 329 g/mol. The minimum atomic E-state index is 0.502. The molecule has 2 aromatic carbocycles. The number of ether oxygens (including phenoxy) is 1. The molecule has 0 aromatic heterocycles. The van der Waals surface area contributed by atoms with Crippen LogP contribution in [0, 0.1) is 0 Å². The first-order chi connectivity index (χ1) is 9.56. The molecule has 0 saturated heterocycles. The van der Waals surface area contributed by atoms with E-state index in [1.165, 1.54) is 0 Å². The summed E-state index contributed by atoms with van der Waals surface area (Å²) in [5.41, 5.74) is 2.75. The zero-order chi connectivity index (χ0) is 14.7. The lowest BCUT2D eigenvalue weighted by atomic mass is 10.0. The molecular weight excluding hydrogens is 317 g/mol. The van der Waals surface area contributed by atoms with Crippen LogP contribution in [0.25, 0.3) is 11.1 Å². The highest BCUT2D eigenvalue weighted by molar-refractivity contribution is 6.38. The van der Waals surface area contributed by atoms with Gasteiger partial charge in [0.15, 0.2) is 0 Å². The van der Waals surface area contributed by atoms with Crippen LogP contribution in [0.5, 0.6) is 5.75 Å². The summed E-state index contributed by atoms with van der Waals surface area (Å²) in [6.45, 7) is 0.761. The molecule has 5 heteroatoms. The fraction of sp³-hybridized carbons (Fsp3) is 0.200. The normalized spacial score (nSPS) is 10.7. The maximum atomic E-state index is 6.34. The molecule has 0 radical (unpaired) electrons. The molecule has 0 saturated carbocycles. The molecule has 0 fully saturated rings. The molecule has 1 N–H and O–H groups in total. The lowest BCUT2D eigenvalue weighted by Crippen LogP contribution is -2.04. The van der Waals surface area contributed by atoms with Crippen molar-refractivity contribution in [1.82, 2.24) is 5.32 Å². The van der Waals surface area contributed by atoms with Crippen molar-refractivity contribution in [3.05, 3.63) is 51.0 Å². The van der Waals surface area contributed by atoms with Gasteiger partial charge >= 0.3 is 0 Å². The Morgan fingerprint density at radius 2 is 1.65 bits per heavy atom. The smallest absolute Gasteiger partial charge is 0.138 e. The second kappa shape index (κ2) is 6.68. The molecule has 0 spiro atoms. The van der Waals surface area contributed by atoms with Crippen LogP contribution in [0.4, 0.5) is 0 Å². The van der Waals surface area contributed by atoms with Gasteiger partial charge in [0.2, 0.25) is 0 Å². The first-order valence-electron chi connectivity index (χ1n) is 6.03. The Balaban J connectivity index is 2.49. The lowest BCUT2D eigenvalue weighted by molar-refractivity contribution is 0.415. The molecule has 0 heterocycles. The van der Waals surface area contributed by atoms with Crippen LogP contribution in [0.1, 0.15) is 5.56 Å². The highest BCUT2D eigenvalue weighted by Gasteiger charge is 2.12. The van der Waals surface area contributed by atoms with E-state index >= 15 is 0 Å². The van der Waals surface area contributed by atoms with Gasteiger partial charge in [0, 0.05) is 28.8 Å². The van der Waals surface area contributed by atoms with Crippen LogP contribution < -0.4 is 10.1 Å². The molecule has 0 unspecified atom stereocenters. The van der Waals surface area contributed by atoms with E-state index in [1.54, 1.807) is 19.2 Å². The quantitative estimate of drug-likeness (QED) is 0.847. The summed E-state index contributed by atoms with van der Waals surface area (Å²) in [7, 11) is 3.44. The molecule has 20 heavy (non-hydrogen) atoms. The van der Waals surface area contributed by atoms with Crippen molar-refractivity contribution in [2.45, 2.75) is 6.54 Å². The van der Waals surface area contributed by atoms with Crippen molar-refractivity contribution in [2.24, 2.45) is 0 Å². The summed E-state index contributed by atoms with van der Waals surface area (Å²) in [5.74, 6) is 0.545. The van der Waals surface area contributed by atoms with Crippen LogP contribution >= 0.6 is 34.8 Å². The Morgan fingerprint density at radius 1 is 0.950 bits per heavy atom. The molecular formula is C15H14Cl3NO. The average molecular weight is 331 g/mol. The van der Waals surface area contributed by atoms with Crippen LogP contribution in [0.2, 0.25) is 15.1 Å². The van der Waals surface area contributed by atoms with Gasteiger partial charge in [-0.25, -0.2) is 0 Å². The molecule has 0 aliphatic rings. The van der Waals surface area contributed by atoms with Crippen molar-refractivity contribution in [2.75, 3.05) is 14.2 Å². The van der Waals surface area contributed by atoms with Gasteiger partial charge in [-0.1, -0.05) is 46.9 Å². The summed E-state index contributed by atoms with van der Waals surface area (Å²) in [6.07, 6.45) is 0. The van der Waals surface area contributed by atoms with Gasteiger partial charge in [-0.2, -0.15) is 0 Å². The largest absolute Gasteiger partial charge is 0.495 e.